The number of aromatic hydroxyl groups is 2. The smallest absolute Gasteiger partial charge is 0.288 e. The summed E-state index contributed by atoms with van der Waals surface area (Å²) in [5, 5.41) is 19.4. The number of hydrogen-bond donors (Lipinski definition) is 2. The van der Waals surface area contributed by atoms with Crippen LogP contribution in [0.5, 0.6) is 11.6 Å². The van der Waals surface area contributed by atoms with Crippen LogP contribution in [-0.4, -0.2) is 24.9 Å². The second-order valence-electron chi connectivity index (χ2n) is 4.32. The van der Waals surface area contributed by atoms with Crippen LogP contribution in [0.25, 0.3) is 11.0 Å². The Kier molecular flexibility index (Phi) is 3.15. The molecule has 2 heterocycles. The summed E-state index contributed by atoms with van der Waals surface area (Å²) in [6, 6.07) is 10.2. The summed E-state index contributed by atoms with van der Waals surface area (Å²) in [5.74, 6) is -0.817. The van der Waals surface area contributed by atoms with Gasteiger partial charge < -0.3 is 15.1 Å². The molecule has 0 saturated carbocycles. The molecule has 0 bridgehead atoms. The van der Waals surface area contributed by atoms with Crippen LogP contribution in [-0.2, 0) is 6.61 Å². The molecule has 7 nitrogen and oxygen atoms in total. The van der Waals surface area contributed by atoms with Crippen LogP contribution < -0.4 is 10.4 Å². The fraction of sp³-hybridized carbons (Fsp3) is 0.0714. The minimum Gasteiger partial charge on any atom is -0.507 e. The largest absolute Gasteiger partial charge is 0.507 e. The minimum absolute atomic E-state index is 0.00318. The fourth-order valence-electron chi connectivity index (χ4n) is 1.94. The first-order valence-corrected chi connectivity index (χ1v) is 6.12. The Labute approximate surface area is 118 Å². The standard InChI is InChI=1S/C14H11N3O4/c18-10-6-11(19)17(13-12(10)14(20)16-8-15-13)21-7-9-4-2-1-3-5-9/h1-6,8,18H,7H2,(H,15,16,20). The van der Waals surface area contributed by atoms with E-state index in [1.54, 1.807) is 0 Å². The highest BCUT2D eigenvalue weighted by atomic mass is 16.7. The quantitative estimate of drug-likeness (QED) is 0.739. The van der Waals surface area contributed by atoms with Crippen molar-refractivity contribution in [2.75, 3.05) is 0 Å². The van der Waals surface area contributed by atoms with Crippen LogP contribution in [0.3, 0.4) is 0 Å². The van der Waals surface area contributed by atoms with E-state index in [0.29, 0.717) is 0 Å². The van der Waals surface area contributed by atoms with Gasteiger partial charge in [0.1, 0.15) is 24.1 Å². The van der Waals surface area contributed by atoms with E-state index in [0.717, 1.165) is 22.7 Å². The highest BCUT2D eigenvalue weighted by Gasteiger charge is 2.14. The van der Waals surface area contributed by atoms with Crippen molar-refractivity contribution < 1.29 is 15.1 Å². The second kappa shape index (κ2) is 5.12. The molecule has 2 N–H and O–H groups in total. The van der Waals surface area contributed by atoms with Gasteiger partial charge in [-0.15, -0.1) is 4.73 Å². The van der Waals surface area contributed by atoms with E-state index in [9.17, 15) is 15.0 Å². The Hall–Kier alpha value is -3.09. The maximum Gasteiger partial charge on any atom is 0.288 e. The van der Waals surface area contributed by atoms with Gasteiger partial charge in [-0.2, -0.15) is 0 Å². The van der Waals surface area contributed by atoms with Gasteiger partial charge in [-0.1, -0.05) is 30.3 Å². The fourth-order valence-corrected chi connectivity index (χ4v) is 1.94. The number of rotatable bonds is 3. The van der Waals surface area contributed by atoms with Crippen molar-refractivity contribution in [1.82, 2.24) is 14.7 Å². The zero-order chi connectivity index (χ0) is 14.8. The lowest BCUT2D eigenvalue weighted by atomic mass is 10.2. The van der Waals surface area contributed by atoms with Crippen LogP contribution in [0.1, 0.15) is 5.56 Å². The Morgan fingerprint density at radius 1 is 1.14 bits per heavy atom. The molecule has 0 aliphatic rings. The molecular formula is C14H11N3O4. The summed E-state index contributed by atoms with van der Waals surface area (Å²) < 4.78 is 0.920. The van der Waals surface area contributed by atoms with Gasteiger partial charge >= 0.3 is 0 Å². The molecular weight excluding hydrogens is 274 g/mol. The van der Waals surface area contributed by atoms with Crippen molar-refractivity contribution in [2.24, 2.45) is 0 Å². The van der Waals surface area contributed by atoms with Crippen molar-refractivity contribution >= 4 is 11.0 Å². The lowest BCUT2D eigenvalue weighted by Gasteiger charge is -2.11. The van der Waals surface area contributed by atoms with Gasteiger partial charge in [-0.05, 0) is 5.56 Å². The Bertz CT molecular complexity index is 846. The van der Waals surface area contributed by atoms with Crippen molar-refractivity contribution in [3.63, 3.8) is 0 Å². The molecule has 21 heavy (non-hydrogen) atoms. The molecule has 0 atom stereocenters. The normalized spacial score (nSPS) is 10.7. The van der Waals surface area contributed by atoms with Crippen molar-refractivity contribution in [3.05, 3.63) is 58.6 Å². The first-order valence-electron chi connectivity index (χ1n) is 6.12. The minimum atomic E-state index is -0.589. The van der Waals surface area contributed by atoms with Crippen molar-refractivity contribution in [3.8, 4) is 11.6 Å². The molecule has 2 aromatic heterocycles. The molecule has 3 aromatic rings. The second-order valence-corrected chi connectivity index (χ2v) is 4.32. The van der Waals surface area contributed by atoms with E-state index >= 15 is 0 Å². The number of benzene rings is 1. The SMILES string of the molecule is O=c1cc(O)c2c(O)ncnc2n1OCc1ccccc1. The molecule has 0 spiro atoms. The third kappa shape index (κ3) is 2.36. The zero-order valence-corrected chi connectivity index (χ0v) is 10.8. The van der Waals surface area contributed by atoms with Gasteiger partial charge in [0.25, 0.3) is 5.56 Å². The van der Waals surface area contributed by atoms with Gasteiger partial charge in [-0.25, -0.2) is 9.97 Å². The van der Waals surface area contributed by atoms with Gasteiger partial charge in [0, 0.05) is 6.07 Å². The number of hydrogen-bond acceptors (Lipinski definition) is 6. The number of aromatic nitrogens is 3. The predicted octanol–water partition coefficient (Wildman–Crippen LogP) is 0.831. The molecule has 0 unspecified atom stereocenters. The molecule has 7 heteroatoms. The van der Waals surface area contributed by atoms with Gasteiger partial charge in [0.2, 0.25) is 5.88 Å². The van der Waals surface area contributed by atoms with Gasteiger partial charge in [0.15, 0.2) is 5.65 Å². The van der Waals surface area contributed by atoms with Crippen molar-refractivity contribution in [1.29, 1.82) is 0 Å². The summed E-state index contributed by atoms with van der Waals surface area (Å²) >= 11 is 0. The first-order chi connectivity index (χ1) is 10.2. The monoisotopic (exact) mass is 285 g/mol. The third-order valence-electron chi connectivity index (χ3n) is 2.92. The lowest BCUT2D eigenvalue weighted by Crippen LogP contribution is -2.27. The molecule has 3 rings (SSSR count). The number of fused-ring (bicyclic) bond motifs is 1. The van der Waals surface area contributed by atoms with E-state index in [1.807, 2.05) is 30.3 Å². The maximum absolute atomic E-state index is 11.9. The summed E-state index contributed by atoms with van der Waals surface area (Å²) in [6.45, 7) is 0.144. The summed E-state index contributed by atoms with van der Waals surface area (Å²) in [6.07, 6.45) is 1.08. The molecule has 1 aromatic carbocycles. The van der Waals surface area contributed by atoms with Crippen molar-refractivity contribution in [2.45, 2.75) is 6.61 Å². The molecule has 0 saturated heterocycles. The molecule has 0 fully saturated rings. The zero-order valence-electron chi connectivity index (χ0n) is 10.8. The van der Waals surface area contributed by atoms with E-state index in [1.165, 1.54) is 0 Å². The first kappa shape index (κ1) is 12.9. The molecule has 0 amide bonds. The highest BCUT2D eigenvalue weighted by molar-refractivity contribution is 5.86. The van der Waals surface area contributed by atoms with Crippen LogP contribution in [0, 0.1) is 0 Å². The van der Waals surface area contributed by atoms with Gasteiger partial charge in [-0.3, -0.25) is 4.79 Å². The molecule has 0 radical (unpaired) electrons. The van der Waals surface area contributed by atoms with E-state index in [4.69, 9.17) is 4.84 Å². The Morgan fingerprint density at radius 3 is 2.67 bits per heavy atom. The average molecular weight is 285 g/mol. The third-order valence-corrected chi connectivity index (χ3v) is 2.92. The highest BCUT2D eigenvalue weighted by Crippen LogP contribution is 2.27. The lowest BCUT2D eigenvalue weighted by molar-refractivity contribution is 0.0975. The molecule has 0 aliphatic carbocycles. The van der Waals surface area contributed by atoms with Crippen LogP contribution in [0.4, 0.5) is 0 Å². The summed E-state index contributed by atoms with van der Waals surface area (Å²) in [7, 11) is 0. The Balaban J connectivity index is 2.06. The Morgan fingerprint density at radius 2 is 1.90 bits per heavy atom. The van der Waals surface area contributed by atoms with Gasteiger partial charge in [0.05, 0.1) is 0 Å². The number of nitrogens with zero attached hydrogens (tertiary/aromatic N) is 3. The average Bonchev–Trinajstić information content (AvgIpc) is 2.47. The summed E-state index contributed by atoms with van der Waals surface area (Å²) in [5.41, 5.74) is 0.279. The maximum atomic E-state index is 11.9. The summed E-state index contributed by atoms with van der Waals surface area (Å²) in [4.78, 5) is 24.8. The number of pyridine rings is 1. The van der Waals surface area contributed by atoms with E-state index in [2.05, 4.69) is 9.97 Å². The van der Waals surface area contributed by atoms with Crippen LogP contribution in [0.2, 0.25) is 0 Å². The van der Waals surface area contributed by atoms with Crippen LogP contribution >= 0.6 is 0 Å². The predicted molar refractivity (Wildman–Crippen MR) is 73.9 cm³/mol. The molecule has 0 aliphatic heterocycles. The van der Waals surface area contributed by atoms with E-state index in [-0.39, 0.29) is 17.6 Å². The van der Waals surface area contributed by atoms with Crippen LogP contribution in [0.15, 0.2) is 47.5 Å². The van der Waals surface area contributed by atoms with E-state index < -0.39 is 17.2 Å². The topological polar surface area (TPSA) is 97.5 Å². The molecule has 106 valence electrons.